The van der Waals surface area contributed by atoms with E-state index in [1.54, 1.807) is 0 Å². The van der Waals surface area contributed by atoms with Gasteiger partial charge >= 0.3 is 0 Å². The molecular formula is C14H16F2OSSi. The second kappa shape index (κ2) is 5.52. The molecule has 1 atom stereocenters. The van der Waals surface area contributed by atoms with E-state index in [-0.39, 0.29) is 0 Å². The third-order valence-electron chi connectivity index (χ3n) is 2.46. The first-order valence-electron chi connectivity index (χ1n) is 6.02. The molecule has 1 aromatic heterocycles. The average molecular weight is 298 g/mol. The van der Waals surface area contributed by atoms with Crippen LogP contribution in [0.25, 0.3) is 0 Å². The molecule has 0 spiro atoms. The highest BCUT2D eigenvalue weighted by molar-refractivity contribution is 7.10. The quantitative estimate of drug-likeness (QED) is 0.724. The lowest BCUT2D eigenvalue weighted by Crippen LogP contribution is -2.28. The maximum Gasteiger partial charge on any atom is 0.185 e. The summed E-state index contributed by atoms with van der Waals surface area (Å²) >= 11 is 1.53. The zero-order valence-electron chi connectivity index (χ0n) is 11.1. The Morgan fingerprint density at radius 2 is 1.74 bits per heavy atom. The van der Waals surface area contributed by atoms with Gasteiger partial charge in [-0.05, 0) is 48.8 Å². The molecule has 0 aliphatic rings. The summed E-state index contributed by atoms with van der Waals surface area (Å²) in [5.41, 5.74) is 0.530. The molecule has 0 N–H and O–H groups in total. The number of hydrogen-bond donors (Lipinski definition) is 0. The van der Waals surface area contributed by atoms with Gasteiger partial charge in [0, 0.05) is 10.9 Å². The summed E-state index contributed by atoms with van der Waals surface area (Å²) < 4.78 is 32.9. The molecule has 1 nitrogen and oxygen atoms in total. The number of hydrogen-bond acceptors (Lipinski definition) is 2. The van der Waals surface area contributed by atoms with Gasteiger partial charge < -0.3 is 4.43 Å². The van der Waals surface area contributed by atoms with Crippen LogP contribution >= 0.6 is 11.3 Å². The van der Waals surface area contributed by atoms with Crippen molar-refractivity contribution in [3.8, 4) is 0 Å². The SMILES string of the molecule is C[Si](C)(C)OC(c1cc(F)cc(F)c1)c1cccs1. The Bertz CT molecular complexity index is 529. The lowest BCUT2D eigenvalue weighted by Gasteiger charge is -2.26. The number of halogens is 2. The van der Waals surface area contributed by atoms with Gasteiger partial charge in [-0.2, -0.15) is 0 Å². The Morgan fingerprint density at radius 3 is 2.21 bits per heavy atom. The maximum atomic E-state index is 13.4. The van der Waals surface area contributed by atoms with Gasteiger partial charge in [-0.1, -0.05) is 6.07 Å². The van der Waals surface area contributed by atoms with E-state index in [9.17, 15) is 8.78 Å². The fourth-order valence-electron chi connectivity index (χ4n) is 1.81. The molecule has 0 saturated carbocycles. The fraction of sp³-hybridized carbons (Fsp3) is 0.286. The van der Waals surface area contributed by atoms with Crippen LogP contribution in [0.5, 0.6) is 0 Å². The zero-order chi connectivity index (χ0) is 14.0. The minimum Gasteiger partial charge on any atom is -0.406 e. The zero-order valence-corrected chi connectivity index (χ0v) is 12.9. The molecule has 2 aromatic rings. The van der Waals surface area contributed by atoms with Crippen molar-refractivity contribution in [1.82, 2.24) is 0 Å². The second-order valence-corrected chi connectivity index (χ2v) is 10.8. The largest absolute Gasteiger partial charge is 0.406 e. The van der Waals surface area contributed by atoms with Gasteiger partial charge in [-0.15, -0.1) is 11.3 Å². The minimum absolute atomic E-state index is 0.392. The van der Waals surface area contributed by atoms with Gasteiger partial charge in [0.05, 0.1) is 0 Å². The second-order valence-electron chi connectivity index (χ2n) is 5.33. The van der Waals surface area contributed by atoms with Crippen molar-refractivity contribution < 1.29 is 13.2 Å². The van der Waals surface area contributed by atoms with Crippen LogP contribution in [-0.4, -0.2) is 8.32 Å². The summed E-state index contributed by atoms with van der Waals surface area (Å²) in [5.74, 6) is -1.15. The molecule has 0 saturated heterocycles. The smallest absolute Gasteiger partial charge is 0.185 e. The molecule has 0 radical (unpaired) electrons. The Hall–Kier alpha value is -1.04. The monoisotopic (exact) mass is 298 g/mol. The van der Waals surface area contributed by atoms with Crippen LogP contribution in [0.3, 0.4) is 0 Å². The van der Waals surface area contributed by atoms with Gasteiger partial charge in [0.2, 0.25) is 0 Å². The molecule has 2 rings (SSSR count). The summed E-state index contributed by atoms with van der Waals surface area (Å²) in [6.45, 7) is 6.18. The van der Waals surface area contributed by atoms with E-state index in [0.717, 1.165) is 10.9 Å². The van der Waals surface area contributed by atoms with E-state index in [4.69, 9.17) is 4.43 Å². The van der Waals surface area contributed by atoms with Gasteiger partial charge in [0.1, 0.15) is 17.7 Å². The number of thiophene rings is 1. The summed E-state index contributed by atoms with van der Waals surface area (Å²) in [6.07, 6.45) is -0.392. The summed E-state index contributed by atoms with van der Waals surface area (Å²) in [5, 5.41) is 1.94. The molecule has 0 aliphatic heterocycles. The third-order valence-corrected chi connectivity index (χ3v) is 4.32. The molecule has 19 heavy (non-hydrogen) atoms. The highest BCUT2D eigenvalue weighted by atomic mass is 32.1. The summed E-state index contributed by atoms with van der Waals surface area (Å²) in [4.78, 5) is 0.965. The Balaban J connectivity index is 2.42. The molecule has 102 valence electrons. The van der Waals surface area contributed by atoms with Crippen LogP contribution in [0.15, 0.2) is 35.7 Å². The molecule has 0 aliphatic carbocycles. The van der Waals surface area contributed by atoms with Gasteiger partial charge in [0.25, 0.3) is 0 Å². The average Bonchev–Trinajstić information content (AvgIpc) is 2.76. The van der Waals surface area contributed by atoms with Gasteiger partial charge in [-0.3, -0.25) is 0 Å². The van der Waals surface area contributed by atoms with E-state index in [2.05, 4.69) is 19.6 Å². The van der Waals surface area contributed by atoms with Crippen LogP contribution in [-0.2, 0) is 4.43 Å². The van der Waals surface area contributed by atoms with E-state index in [1.165, 1.54) is 23.5 Å². The lowest BCUT2D eigenvalue weighted by atomic mass is 10.1. The van der Waals surface area contributed by atoms with Crippen molar-refractivity contribution >= 4 is 19.7 Å². The Labute approximate surface area is 117 Å². The van der Waals surface area contributed by atoms with E-state index >= 15 is 0 Å². The third kappa shape index (κ3) is 3.96. The van der Waals surface area contributed by atoms with Crippen LogP contribution in [0.2, 0.25) is 19.6 Å². The van der Waals surface area contributed by atoms with Crippen LogP contribution in [0.4, 0.5) is 8.78 Å². The maximum absolute atomic E-state index is 13.4. The number of rotatable bonds is 4. The fourth-order valence-corrected chi connectivity index (χ4v) is 3.65. The van der Waals surface area contributed by atoms with Crippen molar-refractivity contribution in [2.75, 3.05) is 0 Å². The minimum atomic E-state index is -1.83. The van der Waals surface area contributed by atoms with Crippen LogP contribution in [0, 0.1) is 11.6 Å². The molecule has 0 bridgehead atoms. The Morgan fingerprint density at radius 1 is 1.11 bits per heavy atom. The van der Waals surface area contributed by atoms with Crippen molar-refractivity contribution in [3.63, 3.8) is 0 Å². The van der Waals surface area contributed by atoms with Crippen LogP contribution < -0.4 is 0 Å². The van der Waals surface area contributed by atoms with Crippen molar-refractivity contribution in [2.45, 2.75) is 25.7 Å². The lowest BCUT2D eigenvalue weighted by molar-refractivity contribution is 0.242. The topological polar surface area (TPSA) is 9.23 Å². The normalized spacial score (nSPS) is 13.5. The summed E-state index contributed by atoms with van der Waals surface area (Å²) in [7, 11) is -1.83. The predicted molar refractivity (Wildman–Crippen MR) is 77.0 cm³/mol. The first kappa shape index (κ1) is 14.4. The highest BCUT2D eigenvalue weighted by Gasteiger charge is 2.25. The number of benzene rings is 1. The van der Waals surface area contributed by atoms with E-state index in [1.807, 2.05) is 17.5 Å². The first-order chi connectivity index (χ1) is 8.85. The highest BCUT2D eigenvalue weighted by Crippen LogP contribution is 2.33. The van der Waals surface area contributed by atoms with E-state index in [0.29, 0.717) is 5.56 Å². The van der Waals surface area contributed by atoms with E-state index < -0.39 is 26.1 Å². The molecule has 0 fully saturated rings. The molecule has 1 unspecified atom stereocenters. The van der Waals surface area contributed by atoms with Crippen LogP contribution in [0.1, 0.15) is 16.5 Å². The molecule has 0 amide bonds. The molecular weight excluding hydrogens is 282 g/mol. The van der Waals surface area contributed by atoms with Crippen molar-refractivity contribution in [3.05, 3.63) is 57.8 Å². The Kier molecular flexibility index (Phi) is 4.18. The molecule has 1 aromatic carbocycles. The first-order valence-corrected chi connectivity index (χ1v) is 10.3. The van der Waals surface area contributed by atoms with Crippen molar-refractivity contribution in [2.24, 2.45) is 0 Å². The predicted octanol–water partition coefficient (Wildman–Crippen LogP) is 4.97. The summed E-state index contributed by atoms with van der Waals surface area (Å²) in [6, 6.07) is 7.40. The van der Waals surface area contributed by atoms with Crippen molar-refractivity contribution in [1.29, 1.82) is 0 Å². The molecule has 1 heterocycles. The standard InChI is InChI=1S/C14H16F2OSSi/c1-19(2,3)17-14(13-5-4-6-18-13)10-7-11(15)9-12(16)8-10/h4-9,14H,1-3H3. The molecule has 5 heteroatoms. The van der Waals surface area contributed by atoms with Gasteiger partial charge in [-0.25, -0.2) is 8.78 Å². The van der Waals surface area contributed by atoms with Gasteiger partial charge in [0.15, 0.2) is 8.32 Å².